The Morgan fingerprint density at radius 1 is 1.26 bits per heavy atom. The van der Waals surface area contributed by atoms with Crippen LogP contribution in [0.5, 0.6) is 5.88 Å². The highest BCUT2D eigenvalue weighted by Gasteiger charge is 2.29. The lowest BCUT2D eigenvalue weighted by atomic mass is 9.87. The highest BCUT2D eigenvalue weighted by Crippen LogP contribution is 2.39. The Bertz CT molecular complexity index is 1420. The molecule has 4 N–H and O–H groups in total. The SMILES string of the molecule is COc1nc2c(C3CCN(c4c[nH]c5ccc(Cl)cc45)CC3)c(F)c(F)cc2nc1NC(N)=O. The number of piperidine rings is 1. The van der Waals surface area contributed by atoms with Gasteiger partial charge in [-0.1, -0.05) is 11.6 Å². The fraction of sp³-hybridized carbons (Fsp3) is 0.261. The second kappa shape index (κ2) is 8.60. The minimum absolute atomic E-state index is 0.0355. The molecule has 176 valence electrons. The van der Waals surface area contributed by atoms with Crippen LogP contribution in [-0.2, 0) is 0 Å². The Balaban J connectivity index is 1.49. The summed E-state index contributed by atoms with van der Waals surface area (Å²) in [4.78, 5) is 25.3. The zero-order valence-corrected chi connectivity index (χ0v) is 18.9. The summed E-state index contributed by atoms with van der Waals surface area (Å²) < 4.78 is 34.8. The molecular formula is C23H21ClF2N6O2. The Morgan fingerprint density at radius 3 is 2.74 bits per heavy atom. The average Bonchev–Trinajstić information content (AvgIpc) is 3.22. The van der Waals surface area contributed by atoms with Gasteiger partial charge in [-0.2, -0.15) is 0 Å². The molecule has 2 amide bonds. The standard InChI is InChI=1S/C23H21ClF2N6O2/c1-34-22-21(31-23(27)33)29-16-9-14(25)19(26)18(20(16)30-22)11-4-6-32(7-5-11)17-10-28-15-3-2-12(24)8-13(15)17/h2-3,8-11,28H,4-7H2,1H3,(H3,27,29,31,33). The van der Waals surface area contributed by atoms with E-state index in [1.807, 2.05) is 24.4 Å². The van der Waals surface area contributed by atoms with Gasteiger partial charge in [0.25, 0.3) is 5.88 Å². The summed E-state index contributed by atoms with van der Waals surface area (Å²) in [6.45, 7) is 1.26. The molecule has 0 spiro atoms. The second-order valence-corrected chi connectivity index (χ2v) is 8.59. The molecule has 3 heterocycles. The normalized spacial score (nSPS) is 14.6. The molecule has 0 bridgehead atoms. The highest BCUT2D eigenvalue weighted by atomic mass is 35.5. The zero-order valence-electron chi connectivity index (χ0n) is 18.2. The maximum absolute atomic E-state index is 15.1. The van der Waals surface area contributed by atoms with Crippen LogP contribution >= 0.6 is 11.6 Å². The number of halogens is 3. The number of benzene rings is 2. The van der Waals surface area contributed by atoms with Crippen molar-refractivity contribution in [1.29, 1.82) is 0 Å². The van der Waals surface area contributed by atoms with Crippen LogP contribution in [0, 0.1) is 11.6 Å². The maximum Gasteiger partial charge on any atom is 0.317 e. The van der Waals surface area contributed by atoms with Gasteiger partial charge < -0.3 is 20.4 Å². The van der Waals surface area contributed by atoms with E-state index in [1.54, 1.807) is 0 Å². The van der Waals surface area contributed by atoms with E-state index in [2.05, 4.69) is 25.2 Å². The number of anilines is 2. The predicted octanol–water partition coefficient (Wildman–Crippen LogP) is 4.93. The van der Waals surface area contributed by atoms with Crippen molar-refractivity contribution in [2.75, 3.05) is 30.4 Å². The molecule has 5 rings (SSSR count). The molecule has 0 saturated carbocycles. The number of primary amides is 1. The number of carbonyl (C=O) groups is 1. The van der Waals surface area contributed by atoms with Crippen LogP contribution in [0.2, 0.25) is 5.02 Å². The smallest absolute Gasteiger partial charge is 0.317 e. The number of ether oxygens (including phenoxy) is 1. The fourth-order valence-corrected chi connectivity index (χ4v) is 4.78. The number of hydrogen-bond acceptors (Lipinski definition) is 5. The van der Waals surface area contributed by atoms with Crippen molar-refractivity contribution in [2.45, 2.75) is 18.8 Å². The van der Waals surface area contributed by atoms with Gasteiger partial charge >= 0.3 is 6.03 Å². The number of aromatic nitrogens is 3. The van der Waals surface area contributed by atoms with Crippen LogP contribution in [-0.4, -0.2) is 41.2 Å². The van der Waals surface area contributed by atoms with Gasteiger partial charge in [-0.15, -0.1) is 0 Å². The van der Waals surface area contributed by atoms with Gasteiger partial charge in [0.05, 0.1) is 23.8 Å². The quantitative estimate of drug-likeness (QED) is 0.379. The van der Waals surface area contributed by atoms with Gasteiger partial charge in [0.15, 0.2) is 17.5 Å². The van der Waals surface area contributed by atoms with Gasteiger partial charge in [0.1, 0.15) is 0 Å². The molecule has 1 aliphatic heterocycles. The van der Waals surface area contributed by atoms with Crippen molar-refractivity contribution < 1.29 is 18.3 Å². The van der Waals surface area contributed by atoms with Crippen molar-refractivity contribution in [3.05, 3.63) is 52.7 Å². The Hall–Kier alpha value is -3.66. The Morgan fingerprint density at radius 2 is 2.03 bits per heavy atom. The van der Waals surface area contributed by atoms with Gasteiger partial charge in [-0.3, -0.25) is 5.32 Å². The second-order valence-electron chi connectivity index (χ2n) is 8.15. The first-order valence-corrected chi connectivity index (χ1v) is 11.0. The molecule has 0 unspecified atom stereocenters. The molecule has 1 fully saturated rings. The van der Waals surface area contributed by atoms with Crippen molar-refractivity contribution in [3.8, 4) is 5.88 Å². The first kappa shape index (κ1) is 22.1. The fourth-order valence-electron chi connectivity index (χ4n) is 4.61. The number of aromatic amines is 1. The van der Waals surface area contributed by atoms with Gasteiger partial charge in [0, 0.05) is 46.8 Å². The van der Waals surface area contributed by atoms with Gasteiger partial charge in [-0.25, -0.2) is 23.5 Å². The van der Waals surface area contributed by atoms with Crippen LogP contribution in [0.15, 0.2) is 30.5 Å². The molecule has 0 aliphatic carbocycles. The number of urea groups is 1. The third-order valence-corrected chi connectivity index (χ3v) is 6.39. The van der Waals surface area contributed by atoms with E-state index in [0.29, 0.717) is 31.0 Å². The number of nitrogens with one attached hydrogen (secondary N) is 2. The molecule has 0 atom stereocenters. The number of nitrogens with zero attached hydrogens (tertiary/aromatic N) is 3. The van der Waals surface area contributed by atoms with Crippen molar-refractivity contribution in [1.82, 2.24) is 15.0 Å². The summed E-state index contributed by atoms with van der Waals surface area (Å²) in [5.74, 6) is -2.35. The topological polar surface area (TPSA) is 109 Å². The Kier molecular flexibility index (Phi) is 5.60. The zero-order chi connectivity index (χ0) is 24.0. The lowest BCUT2D eigenvalue weighted by Gasteiger charge is -2.34. The number of amides is 2. The molecule has 2 aromatic heterocycles. The van der Waals surface area contributed by atoms with Crippen LogP contribution in [0.25, 0.3) is 21.9 Å². The number of H-pyrrole nitrogens is 1. The minimum Gasteiger partial charge on any atom is -0.478 e. The first-order chi connectivity index (χ1) is 16.4. The summed E-state index contributed by atoms with van der Waals surface area (Å²) in [7, 11) is 1.34. The number of hydrogen-bond donors (Lipinski definition) is 3. The molecule has 0 radical (unpaired) electrons. The maximum atomic E-state index is 15.1. The van der Waals surface area contributed by atoms with E-state index < -0.39 is 17.7 Å². The first-order valence-electron chi connectivity index (χ1n) is 10.7. The monoisotopic (exact) mass is 486 g/mol. The van der Waals surface area contributed by atoms with E-state index in [0.717, 1.165) is 22.7 Å². The summed E-state index contributed by atoms with van der Waals surface area (Å²) in [6.07, 6.45) is 3.09. The largest absolute Gasteiger partial charge is 0.478 e. The van der Waals surface area contributed by atoms with Crippen LogP contribution < -0.4 is 20.7 Å². The minimum atomic E-state index is -1.03. The lowest BCUT2D eigenvalue weighted by Crippen LogP contribution is -2.33. The third kappa shape index (κ3) is 3.83. The van der Waals surface area contributed by atoms with Gasteiger partial charge in [0.2, 0.25) is 0 Å². The molecule has 4 aromatic rings. The number of rotatable bonds is 4. The molecule has 1 saturated heterocycles. The Labute approximate surface area is 198 Å². The van der Waals surface area contributed by atoms with Gasteiger partial charge in [-0.05, 0) is 37.0 Å². The predicted molar refractivity (Wildman–Crippen MR) is 127 cm³/mol. The molecule has 8 nitrogen and oxygen atoms in total. The molecule has 34 heavy (non-hydrogen) atoms. The molecular weight excluding hydrogens is 466 g/mol. The number of carbonyl (C=O) groups excluding carboxylic acids is 1. The summed E-state index contributed by atoms with van der Waals surface area (Å²) >= 11 is 6.18. The third-order valence-electron chi connectivity index (χ3n) is 6.16. The van der Waals surface area contributed by atoms with E-state index >= 15 is 4.39 Å². The molecule has 11 heteroatoms. The van der Waals surface area contributed by atoms with Crippen LogP contribution in [0.4, 0.5) is 25.1 Å². The number of methoxy groups -OCH3 is 1. The van der Waals surface area contributed by atoms with E-state index in [9.17, 15) is 9.18 Å². The van der Waals surface area contributed by atoms with Crippen molar-refractivity contribution in [2.24, 2.45) is 5.73 Å². The average molecular weight is 487 g/mol. The summed E-state index contributed by atoms with van der Waals surface area (Å²) in [5, 5.41) is 3.95. The van der Waals surface area contributed by atoms with Crippen LogP contribution in [0.1, 0.15) is 24.3 Å². The van der Waals surface area contributed by atoms with E-state index in [4.69, 9.17) is 22.1 Å². The number of nitrogens with two attached hydrogens (primary N) is 1. The van der Waals surface area contributed by atoms with Crippen molar-refractivity contribution in [3.63, 3.8) is 0 Å². The van der Waals surface area contributed by atoms with Crippen molar-refractivity contribution >= 4 is 51.1 Å². The highest BCUT2D eigenvalue weighted by molar-refractivity contribution is 6.31. The summed E-state index contributed by atoms with van der Waals surface area (Å²) in [5.41, 5.74) is 7.62. The van der Waals surface area contributed by atoms with E-state index in [1.165, 1.54) is 7.11 Å². The summed E-state index contributed by atoms with van der Waals surface area (Å²) in [6, 6.07) is 5.75. The molecule has 2 aromatic carbocycles. The van der Waals surface area contributed by atoms with Crippen LogP contribution in [0.3, 0.4) is 0 Å². The van der Waals surface area contributed by atoms with E-state index in [-0.39, 0.29) is 34.2 Å². The molecule has 1 aliphatic rings. The number of fused-ring (bicyclic) bond motifs is 2. The lowest BCUT2D eigenvalue weighted by molar-refractivity contribution is 0.259.